The van der Waals surface area contributed by atoms with E-state index in [1.165, 1.54) is 13.8 Å². The molecule has 0 bridgehead atoms. The molecule has 5 nitrogen and oxygen atoms in total. The van der Waals surface area contributed by atoms with Gasteiger partial charge in [-0.1, -0.05) is 0 Å². The lowest BCUT2D eigenvalue weighted by Gasteiger charge is -2.12. The number of carboxylic acid groups (broad SMARTS) is 1. The molecule has 2 N–H and O–H groups in total. The molecule has 0 aliphatic rings. The maximum atomic E-state index is 12.4. The normalized spacial score (nSPS) is 12.9. The summed E-state index contributed by atoms with van der Waals surface area (Å²) in [5.41, 5.74) is -1.32. The average molecular weight is 276 g/mol. The molecule has 0 radical (unpaired) electrons. The fourth-order valence-electron chi connectivity index (χ4n) is 1.30. The van der Waals surface area contributed by atoms with E-state index in [1.54, 1.807) is 0 Å². The van der Waals surface area contributed by atoms with Crippen LogP contribution in [0.5, 0.6) is 0 Å². The largest absolute Gasteiger partial charge is 0.480 e. The van der Waals surface area contributed by atoms with E-state index >= 15 is 0 Å². The third-order valence-electron chi connectivity index (χ3n) is 2.34. The molecule has 0 unspecified atom stereocenters. The number of amides is 1. The second-order valence-electron chi connectivity index (χ2n) is 3.86. The summed E-state index contributed by atoms with van der Waals surface area (Å²) in [6, 6.07) is 0.497. The lowest BCUT2D eigenvalue weighted by atomic mass is 10.1. The summed E-state index contributed by atoms with van der Waals surface area (Å²) in [6.45, 7) is 2.49. The topological polar surface area (TPSA) is 79.3 Å². The van der Waals surface area contributed by atoms with E-state index in [-0.39, 0.29) is 11.3 Å². The molecule has 1 aromatic rings. The van der Waals surface area contributed by atoms with Gasteiger partial charge < -0.3 is 10.4 Å². The van der Waals surface area contributed by atoms with Crippen LogP contribution in [-0.2, 0) is 11.0 Å². The number of hydrogen-bond acceptors (Lipinski definition) is 3. The van der Waals surface area contributed by atoms with Gasteiger partial charge in [0.15, 0.2) is 0 Å². The predicted octanol–water partition coefficient (Wildman–Crippen LogP) is 1.61. The zero-order chi connectivity index (χ0) is 14.8. The molecule has 0 saturated heterocycles. The monoisotopic (exact) mass is 276 g/mol. The van der Waals surface area contributed by atoms with Crippen molar-refractivity contribution in [1.82, 2.24) is 10.3 Å². The number of aryl methyl sites for hydroxylation is 1. The lowest BCUT2D eigenvalue weighted by Crippen LogP contribution is -2.38. The molecule has 1 aromatic heterocycles. The van der Waals surface area contributed by atoms with E-state index in [0.29, 0.717) is 6.07 Å². The Balaban J connectivity index is 2.97. The minimum atomic E-state index is -4.59. The third kappa shape index (κ3) is 3.67. The highest BCUT2D eigenvalue weighted by atomic mass is 19.4. The molecular weight excluding hydrogens is 265 g/mol. The highest BCUT2D eigenvalue weighted by Gasteiger charge is 2.33. The maximum Gasteiger partial charge on any atom is 0.433 e. The summed E-state index contributed by atoms with van der Waals surface area (Å²) in [4.78, 5) is 25.5. The summed E-state index contributed by atoms with van der Waals surface area (Å²) in [5.74, 6) is -2.03. The first-order chi connectivity index (χ1) is 8.62. The van der Waals surface area contributed by atoms with Crippen molar-refractivity contribution in [2.24, 2.45) is 0 Å². The van der Waals surface area contributed by atoms with Crippen LogP contribution in [0.4, 0.5) is 13.2 Å². The Morgan fingerprint density at radius 1 is 1.37 bits per heavy atom. The minimum absolute atomic E-state index is 0.0962. The molecule has 1 atom stereocenters. The molecule has 0 saturated carbocycles. The number of rotatable bonds is 3. The number of carbonyl (C=O) groups excluding carboxylic acids is 1. The number of hydrogen-bond donors (Lipinski definition) is 2. The Hall–Kier alpha value is -2.12. The van der Waals surface area contributed by atoms with Gasteiger partial charge in [-0.05, 0) is 26.0 Å². The Morgan fingerprint density at radius 2 is 1.95 bits per heavy atom. The number of halogens is 3. The molecule has 8 heteroatoms. The van der Waals surface area contributed by atoms with Crippen molar-refractivity contribution in [1.29, 1.82) is 0 Å². The van der Waals surface area contributed by atoms with Gasteiger partial charge in [0.1, 0.15) is 11.7 Å². The Labute approximate surface area is 106 Å². The molecule has 0 spiro atoms. The van der Waals surface area contributed by atoms with Crippen LogP contribution in [0.1, 0.15) is 28.7 Å². The molecule has 1 amide bonds. The Bertz CT molecular complexity index is 514. The number of carboxylic acids is 1. The molecule has 0 aliphatic carbocycles. The highest BCUT2D eigenvalue weighted by molar-refractivity contribution is 5.97. The number of aliphatic carboxylic acids is 1. The summed E-state index contributed by atoms with van der Waals surface area (Å²) < 4.78 is 37.1. The van der Waals surface area contributed by atoms with Crippen LogP contribution in [0.2, 0.25) is 0 Å². The van der Waals surface area contributed by atoms with E-state index < -0.39 is 29.8 Å². The summed E-state index contributed by atoms with van der Waals surface area (Å²) >= 11 is 0. The summed E-state index contributed by atoms with van der Waals surface area (Å²) in [6.07, 6.45) is -4.59. The zero-order valence-electron chi connectivity index (χ0n) is 10.1. The molecule has 0 aliphatic heterocycles. The van der Waals surface area contributed by atoms with Gasteiger partial charge in [0.2, 0.25) is 0 Å². The second-order valence-corrected chi connectivity index (χ2v) is 3.86. The quantitative estimate of drug-likeness (QED) is 0.879. The van der Waals surface area contributed by atoms with Crippen LogP contribution in [0.15, 0.2) is 12.1 Å². The van der Waals surface area contributed by atoms with Gasteiger partial charge >= 0.3 is 12.1 Å². The standard InChI is InChI=1S/C11H11F3N2O3/c1-5-7(9(17)16-6(2)10(18)19)3-4-8(15-5)11(12,13)14/h3-4,6H,1-2H3,(H,16,17)(H,18,19)/t6-/m1/s1. The molecule has 0 fully saturated rings. The molecule has 104 valence electrons. The van der Waals surface area contributed by atoms with E-state index in [4.69, 9.17) is 5.11 Å². The van der Waals surface area contributed by atoms with Crippen LogP contribution in [0.25, 0.3) is 0 Å². The van der Waals surface area contributed by atoms with Gasteiger partial charge in [-0.15, -0.1) is 0 Å². The number of pyridine rings is 1. The Kier molecular flexibility index (Phi) is 4.13. The van der Waals surface area contributed by atoms with Crippen molar-refractivity contribution >= 4 is 11.9 Å². The minimum Gasteiger partial charge on any atom is -0.480 e. The number of nitrogens with one attached hydrogen (secondary N) is 1. The summed E-state index contributed by atoms with van der Waals surface area (Å²) in [5, 5.41) is 10.8. The van der Waals surface area contributed by atoms with Crippen molar-refractivity contribution < 1.29 is 27.9 Å². The van der Waals surface area contributed by atoms with Crippen LogP contribution >= 0.6 is 0 Å². The van der Waals surface area contributed by atoms with E-state index in [2.05, 4.69) is 10.3 Å². The fraction of sp³-hybridized carbons (Fsp3) is 0.364. The van der Waals surface area contributed by atoms with Crippen LogP contribution in [0, 0.1) is 6.92 Å². The SMILES string of the molecule is Cc1nc(C(F)(F)F)ccc1C(=O)N[C@H](C)C(=O)O. The third-order valence-corrected chi connectivity index (χ3v) is 2.34. The van der Waals surface area contributed by atoms with Gasteiger partial charge in [0, 0.05) is 0 Å². The van der Waals surface area contributed by atoms with Crippen molar-refractivity contribution in [3.63, 3.8) is 0 Å². The predicted molar refractivity (Wildman–Crippen MR) is 58.5 cm³/mol. The van der Waals surface area contributed by atoms with E-state index in [9.17, 15) is 22.8 Å². The van der Waals surface area contributed by atoms with Gasteiger partial charge in [0.05, 0.1) is 11.3 Å². The van der Waals surface area contributed by atoms with Crippen molar-refractivity contribution in [2.75, 3.05) is 0 Å². The molecular formula is C11H11F3N2O3. The second kappa shape index (κ2) is 5.25. The molecule has 1 heterocycles. The smallest absolute Gasteiger partial charge is 0.433 e. The average Bonchev–Trinajstić information content (AvgIpc) is 2.27. The van der Waals surface area contributed by atoms with Gasteiger partial charge in [-0.2, -0.15) is 13.2 Å². The molecule has 1 rings (SSSR count). The van der Waals surface area contributed by atoms with E-state index in [1.807, 2.05) is 0 Å². The van der Waals surface area contributed by atoms with Gasteiger partial charge in [-0.25, -0.2) is 4.98 Å². The van der Waals surface area contributed by atoms with Crippen molar-refractivity contribution in [3.8, 4) is 0 Å². The number of alkyl halides is 3. The highest BCUT2D eigenvalue weighted by Crippen LogP contribution is 2.28. The first-order valence-corrected chi connectivity index (χ1v) is 5.21. The van der Waals surface area contributed by atoms with Crippen LogP contribution < -0.4 is 5.32 Å². The number of nitrogens with zero attached hydrogens (tertiary/aromatic N) is 1. The molecule has 0 aromatic carbocycles. The zero-order valence-corrected chi connectivity index (χ0v) is 10.1. The van der Waals surface area contributed by atoms with Gasteiger partial charge in [-0.3, -0.25) is 9.59 Å². The van der Waals surface area contributed by atoms with Gasteiger partial charge in [0.25, 0.3) is 5.91 Å². The maximum absolute atomic E-state index is 12.4. The van der Waals surface area contributed by atoms with Crippen LogP contribution in [0.3, 0.4) is 0 Å². The summed E-state index contributed by atoms with van der Waals surface area (Å²) in [7, 11) is 0. The van der Waals surface area contributed by atoms with Crippen molar-refractivity contribution in [3.05, 3.63) is 29.1 Å². The first kappa shape index (κ1) is 14.9. The molecule has 19 heavy (non-hydrogen) atoms. The number of carbonyl (C=O) groups is 2. The first-order valence-electron chi connectivity index (χ1n) is 5.21. The van der Waals surface area contributed by atoms with Crippen molar-refractivity contribution in [2.45, 2.75) is 26.1 Å². The number of aromatic nitrogens is 1. The fourth-order valence-corrected chi connectivity index (χ4v) is 1.30. The lowest BCUT2D eigenvalue weighted by molar-refractivity contribution is -0.141. The Morgan fingerprint density at radius 3 is 2.37 bits per heavy atom. The van der Waals surface area contributed by atoms with E-state index in [0.717, 1.165) is 6.07 Å². The van der Waals surface area contributed by atoms with Crippen LogP contribution in [-0.4, -0.2) is 28.0 Å².